The van der Waals surface area contributed by atoms with Gasteiger partial charge in [0, 0.05) is 49.3 Å². The molecule has 0 unspecified atom stereocenters. The zero-order valence-electron chi connectivity index (χ0n) is 19.6. The summed E-state index contributed by atoms with van der Waals surface area (Å²) < 4.78 is 41.0. The molecule has 3 aliphatic rings. The van der Waals surface area contributed by atoms with Gasteiger partial charge in [-0.2, -0.15) is 0 Å². The first-order chi connectivity index (χ1) is 16.8. The van der Waals surface area contributed by atoms with E-state index in [4.69, 9.17) is 5.73 Å². The van der Waals surface area contributed by atoms with Crippen molar-refractivity contribution in [3.8, 4) is 0 Å². The van der Waals surface area contributed by atoms with E-state index in [2.05, 4.69) is 0 Å². The number of halogens is 3. The Morgan fingerprint density at radius 1 is 1.03 bits per heavy atom. The fraction of sp³-hybridized carbons (Fsp3) is 0.481. The monoisotopic (exact) mass is 485 g/mol. The molecule has 3 heterocycles. The van der Waals surface area contributed by atoms with Crippen molar-refractivity contribution < 1.29 is 22.8 Å². The molecule has 2 N–H and O–H groups in total. The van der Waals surface area contributed by atoms with Crippen molar-refractivity contribution in [1.29, 1.82) is 0 Å². The Bertz CT molecular complexity index is 1130. The van der Waals surface area contributed by atoms with Crippen LogP contribution < -0.4 is 5.73 Å². The van der Waals surface area contributed by atoms with Crippen LogP contribution in [0, 0.1) is 23.4 Å². The van der Waals surface area contributed by atoms with Gasteiger partial charge in [-0.15, -0.1) is 0 Å². The Labute approximate surface area is 203 Å². The second kappa shape index (κ2) is 9.64. The molecule has 0 radical (unpaired) electrons. The van der Waals surface area contributed by atoms with Crippen LogP contribution in [0.25, 0.3) is 0 Å². The summed E-state index contributed by atoms with van der Waals surface area (Å²) in [5.41, 5.74) is 8.06. The molecule has 5 nitrogen and oxygen atoms in total. The van der Waals surface area contributed by atoms with E-state index in [1.54, 1.807) is 0 Å². The topological polar surface area (TPSA) is 66.6 Å². The smallest absolute Gasteiger partial charge is 0.254 e. The largest absolute Gasteiger partial charge is 0.338 e. The van der Waals surface area contributed by atoms with Gasteiger partial charge >= 0.3 is 0 Å². The molecule has 3 aliphatic heterocycles. The molecule has 2 aromatic rings. The lowest BCUT2D eigenvalue weighted by molar-refractivity contribution is -0.128. The molecule has 3 fully saturated rings. The molecule has 0 aromatic heterocycles. The first-order valence-electron chi connectivity index (χ1n) is 12.4. The fourth-order valence-corrected chi connectivity index (χ4v) is 6.08. The van der Waals surface area contributed by atoms with Crippen molar-refractivity contribution in [3.63, 3.8) is 0 Å². The minimum atomic E-state index is -1.21. The number of hydrogen-bond acceptors (Lipinski definition) is 3. The lowest BCUT2D eigenvalue weighted by Crippen LogP contribution is -2.50. The van der Waals surface area contributed by atoms with E-state index in [0.717, 1.165) is 37.4 Å². The zero-order valence-corrected chi connectivity index (χ0v) is 19.6. The zero-order chi connectivity index (χ0) is 24.7. The molecule has 8 heteroatoms. The van der Waals surface area contributed by atoms with Gasteiger partial charge in [-0.1, -0.05) is 12.1 Å². The summed E-state index contributed by atoms with van der Waals surface area (Å²) in [6.07, 6.45) is 4.77. The van der Waals surface area contributed by atoms with Gasteiger partial charge in [-0.3, -0.25) is 9.59 Å². The van der Waals surface area contributed by atoms with Crippen molar-refractivity contribution in [2.75, 3.05) is 6.54 Å². The van der Waals surface area contributed by atoms with E-state index in [-0.39, 0.29) is 41.8 Å². The number of amides is 2. The third kappa shape index (κ3) is 4.81. The van der Waals surface area contributed by atoms with Crippen LogP contribution >= 0.6 is 0 Å². The van der Waals surface area contributed by atoms with Gasteiger partial charge in [0.1, 0.15) is 5.82 Å². The van der Waals surface area contributed by atoms with Crippen LogP contribution in [-0.2, 0) is 17.8 Å². The predicted molar refractivity (Wildman–Crippen MR) is 125 cm³/mol. The first-order valence-corrected chi connectivity index (χ1v) is 12.4. The highest BCUT2D eigenvalue weighted by atomic mass is 19.2. The molecule has 3 saturated heterocycles. The number of carbonyl (C=O) groups is 2. The maximum Gasteiger partial charge on any atom is 0.254 e. The maximum atomic E-state index is 14.1. The molecule has 2 bridgehead atoms. The van der Waals surface area contributed by atoms with Crippen molar-refractivity contribution >= 4 is 11.8 Å². The average molecular weight is 486 g/mol. The van der Waals surface area contributed by atoms with Gasteiger partial charge in [0.05, 0.1) is 0 Å². The first kappa shape index (κ1) is 23.9. The normalized spacial score (nSPS) is 24.8. The molecule has 0 aliphatic carbocycles. The lowest BCUT2D eigenvalue weighted by Gasteiger charge is -2.41. The Hall–Kier alpha value is -2.87. The highest BCUT2D eigenvalue weighted by Crippen LogP contribution is 2.41. The van der Waals surface area contributed by atoms with Crippen LogP contribution in [0.15, 0.2) is 36.4 Å². The summed E-state index contributed by atoms with van der Waals surface area (Å²) in [5, 5.41) is 0. The summed E-state index contributed by atoms with van der Waals surface area (Å²) in [6.45, 7) is 1.27. The summed E-state index contributed by atoms with van der Waals surface area (Å²) in [7, 11) is 0. The Morgan fingerprint density at radius 2 is 1.74 bits per heavy atom. The SMILES string of the molecule is N[C@H](Cc1cc(F)c(F)cc1F)[C@@H]1C[C@H]2CC[C@@H](C1)N2C(=O)c1cccc(CN2CCCC2=O)c1. The number of rotatable bonds is 6. The molecular formula is C27H30F3N3O2. The quantitative estimate of drug-likeness (QED) is 0.625. The molecule has 35 heavy (non-hydrogen) atoms. The van der Waals surface area contributed by atoms with E-state index in [1.165, 1.54) is 0 Å². The average Bonchev–Trinajstić information content (AvgIpc) is 3.35. The molecule has 4 atom stereocenters. The molecule has 0 spiro atoms. The molecule has 2 amide bonds. The minimum Gasteiger partial charge on any atom is -0.338 e. The van der Waals surface area contributed by atoms with Gasteiger partial charge in [0.15, 0.2) is 11.6 Å². The summed E-state index contributed by atoms with van der Waals surface area (Å²) in [4.78, 5) is 29.3. The molecular weight excluding hydrogens is 455 g/mol. The third-order valence-corrected chi connectivity index (χ3v) is 7.87. The van der Waals surface area contributed by atoms with Crippen LogP contribution in [0.4, 0.5) is 13.2 Å². The van der Waals surface area contributed by atoms with Crippen LogP contribution in [0.5, 0.6) is 0 Å². The van der Waals surface area contributed by atoms with E-state index < -0.39 is 23.5 Å². The van der Waals surface area contributed by atoms with Crippen molar-refractivity contribution in [3.05, 3.63) is 70.5 Å². The molecule has 0 saturated carbocycles. The predicted octanol–water partition coefficient (Wildman–Crippen LogP) is 4.18. The van der Waals surface area contributed by atoms with Gasteiger partial charge in [0.25, 0.3) is 5.91 Å². The van der Waals surface area contributed by atoms with Gasteiger partial charge in [-0.05, 0) is 73.8 Å². The number of likely N-dealkylation sites (tertiary alicyclic amines) is 1. The Kier molecular flexibility index (Phi) is 6.57. The second-order valence-corrected chi connectivity index (χ2v) is 10.2. The second-order valence-electron chi connectivity index (χ2n) is 10.2. The van der Waals surface area contributed by atoms with Crippen molar-refractivity contribution in [2.45, 2.75) is 69.6 Å². The number of nitrogens with zero attached hydrogens (tertiary/aromatic N) is 2. The number of fused-ring (bicyclic) bond motifs is 2. The molecule has 186 valence electrons. The van der Waals surface area contributed by atoms with Crippen LogP contribution in [0.2, 0.25) is 0 Å². The number of piperidine rings is 1. The minimum absolute atomic E-state index is 0.00855. The number of benzene rings is 2. The van der Waals surface area contributed by atoms with Crippen LogP contribution in [0.1, 0.15) is 60.0 Å². The van der Waals surface area contributed by atoms with Crippen LogP contribution in [0.3, 0.4) is 0 Å². The molecule has 5 rings (SSSR count). The Morgan fingerprint density at radius 3 is 2.43 bits per heavy atom. The van der Waals surface area contributed by atoms with Gasteiger partial charge < -0.3 is 15.5 Å². The maximum absolute atomic E-state index is 14.1. The van der Waals surface area contributed by atoms with Crippen molar-refractivity contribution in [1.82, 2.24) is 9.80 Å². The number of hydrogen-bond donors (Lipinski definition) is 1. The highest BCUT2D eigenvalue weighted by Gasteiger charge is 2.44. The van der Waals surface area contributed by atoms with E-state index in [0.29, 0.717) is 37.4 Å². The van der Waals surface area contributed by atoms with E-state index >= 15 is 0 Å². The van der Waals surface area contributed by atoms with Gasteiger partial charge in [-0.25, -0.2) is 13.2 Å². The number of nitrogens with two attached hydrogens (primary N) is 1. The van der Waals surface area contributed by atoms with Gasteiger partial charge in [0.2, 0.25) is 5.91 Å². The molecule has 2 aromatic carbocycles. The Balaban J connectivity index is 1.25. The standard InChI is InChI=1S/C27H30F3N3O2/c28-22-14-24(30)23(29)12-18(22)13-25(31)19-10-20-6-7-21(11-19)33(20)27(35)17-4-1-3-16(9-17)15-32-8-2-5-26(32)34/h1,3-4,9,12,14,19-21,25H,2,5-8,10-11,13,15,31H2/t19-,20-,21+,25-/m1/s1. The fourth-order valence-electron chi connectivity index (χ4n) is 6.08. The highest BCUT2D eigenvalue weighted by molar-refractivity contribution is 5.95. The van der Waals surface area contributed by atoms with E-state index in [1.807, 2.05) is 34.1 Å². The third-order valence-electron chi connectivity index (χ3n) is 7.87. The van der Waals surface area contributed by atoms with Crippen LogP contribution in [-0.4, -0.2) is 46.3 Å². The summed E-state index contributed by atoms with van der Waals surface area (Å²) >= 11 is 0. The lowest BCUT2D eigenvalue weighted by atomic mass is 9.82. The summed E-state index contributed by atoms with van der Waals surface area (Å²) in [5.74, 6) is -2.86. The van der Waals surface area contributed by atoms with E-state index in [9.17, 15) is 22.8 Å². The summed E-state index contributed by atoms with van der Waals surface area (Å²) in [6, 6.07) is 8.67. The number of carbonyl (C=O) groups excluding carboxylic acids is 2. The van der Waals surface area contributed by atoms with Crippen molar-refractivity contribution in [2.24, 2.45) is 11.7 Å².